The van der Waals surface area contributed by atoms with E-state index >= 15 is 0 Å². The summed E-state index contributed by atoms with van der Waals surface area (Å²) in [7, 11) is 1.36. The molecule has 0 spiro atoms. The molecule has 2 rings (SSSR count). The molecule has 0 saturated heterocycles. The Kier molecular flexibility index (Phi) is 3.19. The number of hydrogen-bond acceptors (Lipinski definition) is 3. The van der Waals surface area contributed by atoms with Crippen molar-refractivity contribution in [3.05, 3.63) is 35.5 Å². The van der Waals surface area contributed by atoms with Crippen LogP contribution in [-0.2, 0) is 9.53 Å². The molecular weight excluding hydrogens is 230 g/mol. The molecule has 0 radical (unpaired) electrons. The van der Waals surface area contributed by atoms with Gasteiger partial charge in [0.2, 0.25) is 0 Å². The molecule has 18 heavy (non-hydrogen) atoms. The zero-order chi connectivity index (χ0) is 13.3. The molecule has 1 atom stereocenters. The minimum atomic E-state index is -0.450. The molecule has 1 aromatic carbocycles. The van der Waals surface area contributed by atoms with Crippen LogP contribution in [0.1, 0.15) is 29.0 Å². The van der Waals surface area contributed by atoms with Crippen LogP contribution in [0.25, 0.3) is 10.9 Å². The zero-order valence-electron chi connectivity index (χ0n) is 10.6. The largest absolute Gasteiger partial charge is 0.467 e. The van der Waals surface area contributed by atoms with Crippen LogP contribution in [0, 0.1) is 6.92 Å². The number of aromatic nitrogens is 1. The monoisotopic (exact) mass is 245 g/mol. The lowest BCUT2D eigenvalue weighted by atomic mass is 10.1. The van der Waals surface area contributed by atoms with Gasteiger partial charge in [-0.2, -0.15) is 0 Å². The third kappa shape index (κ3) is 1.70. The summed E-state index contributed by atoms with van der Waals surface area (Å²) in [6.07, 6.45) is 0.832. The van der Waals surface area contributed by atoms with Crippen molar-refractivity contribution in [1.82, 2.24) is 4.57 Å². The molecule has 1 aromatic heterocycles. The van der Waals surface area contributed by atoms with Gasteiger partial charge in [0, 0.05) is 22.2 Å². The zero-order valence-corrected chi connectivity index (χ0v) is 10.6. The quantitative estimate of drug-likeness (QED) is 0.616. The Balaban J connectivity index is 2.74. The predicted molar refractivity (Wildman–Crippen MR) is 68.8 cm³/mol. The lowest BCUT2D eigenvalue weighted by Crippen LogP contribution is -2.18. The highest BCUT2D eigenvalue weighted by atomic mass is 16.5. The average Bonchev–Trinajstić information content (AvgIpc) is 2.68. The Morgan fingerprint density at radius 3 is 2.67 bits per heavy atom. The molecule has 0 amide bonds. The topological polar surface area (TPSA) is 48.3 Å². The molecule has 4 heteroatoms. The highest BCUT2D eigenvalue weighted by Gasteiger charge is 2.22. The molecule has 0 bridgehead atoms. The molecule has 0 aliphatic rings. The van der Waals surface area contributed by atoms with Gasteiger partial charge in [-0.3, -0.25) is 4.79 Å². The highest BCUT2D eigenvalue weighted by molar-refractivity contribution is 6.00. The number of carbonyl (C=O) groups is 2. The average molecular weight is 245 g/mol. The van der Waals surface area contributed by atoms with Crippen molar-refractivity contribution in [3.8, 4) is 0 Å². The number of fused-ring (bicyclic) bond motifs is 1. The lowest BCUT2D eigenvalue weighted by molar-refractivity contribution is -0.143. The molecule has 4 nitrogen and oxygen atoms in total. The first-order valence-electron chi connectivity index (χ1n) is 5.74. The van der Waals surface area contributed by atoms with Crippen molar-refractivity contribution in [2.24, 2.45) is 0 Å². The van der Waals surface area contributed by atoms with Crippen molar-refractivity contribution in [2.45, 2.75) is 19.9 Å². The second kappa shape index (κ2) is 4.64. The molecule has 94 valence electrons. The molecular formula is C14H15NO3. The van der Waals surface area contributed by atoms with E-state index in [0.29, 0.717) is 5.56 Å². The molecule has 0 N–H and O–H groups in total. The van der Waals surface area contributed by atoms with Gasteiger partial charge in [-0.25, -0.2) is 4.79 Å². The maximum absolute atomic E-state index is 11.7. The van der Waals surface area contributed by atoms with Crippen molar-refractivity contribution >= 4 is 23.2 Å². The van der Waals surface area contributed by atoms with Crippen molar-refractivity contribution < 1.29 is 14.3 Å². The second-order valence-electron chi connectivity index (χ2n) is 4.20. The summed E-state index contributed by atoms with van der Waals surface area (Å²) in [6, 6.07) is 7.09. The van der Waals surface area contributed by atoms with E-state index in [0.717, 1.165) is 22.9 Å². The van der Waals surface area contributed by atoms with Gasteiger partial charge in [0.1, 0.15) is 6.04 Å². The van der Waals surface area contributed by atoms with Crippen LogP contribution >= 0.6 is 0 Å². The minimum Gasteiger partial charge on any atom is -0.467 e. The van der Waals surface area contributed by atoms with Gasteiger partial charge < -0.3 is 9.30 Å². The molecule has 0 fully saturated rings. The van der Waals surface area contributed by atoms with Gasteiger partial charge in [0.05, 0.1) is 7.11 Å². The third-order valence-corrected chi connectivity index (χ3v) is 3.25. The molecule has 0 aliphatic heterocycles. The van der Waals surface area contributed by atoms with Crippen molar-refractivity contribution in [3.63, 3.8) is 0 Å². The van der Waals surface area contributed by atoms with E-state index in [-0.39, 0.29) is 5.97 Å². The number of carbonyl (C=O) groups excluding carboxylic acids is 2. The number of nitrogens with zero attached hydrogens (tertiary/aromatic N) is 1. The van der Waals surface area contributed by atoms with E-state index in [2.05, 4.69) is 0 Å². The highest BCUT2D eigenvalue weighted by Crippen LogP contribution is 2.28. The van der Waals surface area contributed by atoms with Gasteiger partial charge in [0.25, 0.3) is 0 Å². The van der Waals surface area contributed by atoms with Gasteiger partial charge in [-0.1, -0.05) is 18.2 Å². The smallest absolute Gasteiger partial charge is 0.328 e. The summed E-state index contributed by atoms with van der Waals surface area (Å²) < 4.78 is 6.60. The number of ether oxygens (including phenoxy) is 1. The van der Waals surface area contributed by atoms with Crippen LogP contribution in [0.15, 0.2) is 24.3 Å². The maximum atomic E-state index is 11.7. The van der Waals surface area contributed by atoms with E-state index in [9.17, 15) is 9.59 Å². The Morgan fingerprint density at radius 2 is 2.06 bits per heavy atom. The minimum absolute atomic E-state index is 0.323. The number of methoxy groups -OCH3 is 1. The summed E-state index contributed by atoms with van der Waals surface area (Å²) in [6.45, 7) is 3.60. The summed E-state index contributed by atoms with van der Waals surface area (Å²) in [5.74, 6) is -0.323. The SMILES string of the molecule is COC(=O)C(C)n1c(C)c(C=O)c2ccccc21. The maximum Gasteiger partial charge on any atom is 0.328 e. The Morgan fingerprint density at radius 1 is 1.39 bits per heavy atom. The van der Waals surface area contributed by atoms with Gasteiger partial charge in [0.15, 0.2) is 6.29 Å². The van der Waals surface area contributed by atoms with E-state index in [1.807, 2.05) is 35.8 Å². The number of benzene rings is 1. The van der Waals surface area contributed by atoms with E-state index in [1.165, 1.54) is 7.11 Å². The Labute approximate surface area is 105 Å². The molecule has 1 heterocycles. The second-order valence-corrected chi connectivity index (χ2v) is 4.20. The number of esters is 1. The number of hydrogen-bond donors (Lipinski definition) is 0. The predicted octanol–water partition coefficient (Wildman–Crippen LogP) is 2.50. The first-order chi connectivity index (χ1) is 8.61. The standard InChI is InChI=1S/C14H15NO3/c1-9-12(8-16)11-6-4-5-7-13(11)15(9)10(2)14(17)18-3/h4-8,10H,1-3H3. The Hall–Kier alpha value is -2.10. The van der Waals surface area contributed by atoms with Gasteiger partial charge in [-0.05, 0) is 19.9 Å². The van der Waals surface area contributed by atoms with Crippen LogP contribution in [0.5, 0.6) is 0 Å². The van der Waals surface area contributed by atoms with E-state index in [1.54, 1.807) is 6.92 Å². The van der Waals surface area contributed by atoms with Crippen LogP contribution in [0.2, 0.25) is 0 Å². The molecule has 0 aliphatic carbocycles. The number of aldehydes is 1. The van der Waals surface area contributed by atoms with Gasteiger partial charge >= 0.3 is 5.97 Å². The first-order valence-corrected chi connectivity index (χ1v) is 5.74. The van der Waals surface area contributed by atoms with Crippen molar-refractivity contribution in [1.29, 1.82) is 0 Å². The van der Waals surface area contributed by atoms with Gasteiger partial charge in [-0.15, -0.1) is 0 Å². The summed E-state index contributed by atoms with van der Waals surface area (Å²) in [5, 5.41) is 0.862. The third-order valence-electron chi connectivity index (χ3n) is 3.25. The fourth-order valence-corrected chi connectivity index (χ4v) is 2.34. The van der Waals surface area contributed by atoms with Crippen LogP contribution in [-0.4, -0.2) is 23.9 Å². The van der Waals surface area contributed by atoms with Crippen LogP contribution < -0.4 is 0 Å². The lowest BCUT2D eigenvalue weighted by Gasteiger charge is -2.15. The van der Waals surface area contributed by atoms with E-state index in [4.69, 9.17) is 4.74 Å². The Bertz CT molecular complexity index is 613. The number of rotatable bonds is 3. The van der Waals surface area contributed by atoms with Crippen LogP contribution in [0.4, 0.5) is 0 Å². The summed E-state index contributed by atoms with van der Waals surface area (Å²) >= 11 is 0. The summed E-state index contributed by atoms with van der Waals surface area (Å²) in [5.41, 5.74) is 2.28. The van der Waals surface area contributed by atoms with E-state index < -0.39 is 6.04 Å². The fourth-order valence-electron chi connectivity index (χ4n) is 2.34. The molecule has 0 saturated carbocycles. The van der Waals surface area contributed by atoms with Crippen molar-refractivity contribution in [2.75, 3.05) is 7.11 Å². The first kappa shape index (κ1) is 12.4. The molecule has 1 unspecified atom stereocenters. The normalized spacial score (nSPS) is 12.4. The summed E-state index contributed by atoms with van der Waals surface area (Å²) in [4.78, 5) is 22.9. The fraction of sp³-hybridized carbons (Fsp3) is 0.286. The molecule has 2 aromatic rings. The number of para-hydroxylation sites is 1. The van der Waals surface area contributed by atoms with Crippen LogP contribution in [0.3, 0.4) is 0 Å².